The number of guanidine groups is 1. The quantitative estimate of drug-likeness (QED) is 0.567. The molecule has 5 nitrogen and oxygen atoms in total. The van der Waals surface area contributed by atoms with Crippen LogP contribution in [0.1, 0.15) is 38.4 Å². The Labute approximate surface area is 154 Å². The number of ether oxygens (including phenoxy) is 1. The van der Waals surface area contributed by atoms with E-state index < -0.39 is 6.10 Å². The van der Waals surface area contributed by atoms with Gasteiger partial charge in [-0.05, 0) is 30.5 Å². The number of hydrogen-bond donors (Lipinski definition) is 3. The first-order valence-corrected chi connectivity index (χ1v) is 9.33. The summed E-state index contributed by atoms with van der Waals surface area (Å²) in [6.45, 7) is 5.75. The first-order chi connectivity index (χ1) is 11.9. The molecule has 25 heavy (non-hydrogen) atoms. The minimum atomic E-state index is -0.615. The molecule has 1 aliphatic heterocycles. The second kappa shape index (κ2) is 7.52. The molecule has 3 rings (SSSR count). The van der Waals surface area contributed by atoms with E-state index in [0.29, 0.717) is 29.6 Å². The van der Waals surface area contributed by atoms with Gasteiger partial charge in [-0.1, -0.05) is 37.6 Å². The number of aliphatic imine (C=N–C) groups is 1. The molecule has 0 spiro atoms. The summed E-state index contributed by atoms with van der Waals surface area (Å²) >= 11 is 5.89. The van der Waals surface area contributed by atoms with Gasteiger partial charge in [0.05, 0.1) is 12.2 Å². The summed E-state index contributed by atoms with van der Waals surface area (Å²) < 4.78 is 5.95. The summed E-state index contributed by atoms with van der Waals surface area (Å²) in [5.74, 6) is 1.25. The summed E-state index contributed by atoms with van der Waals surface area (Å²) in [5.41, 5.74) is 0.911. The molecule has 0 bridgehead atoms. The van der Waals surface area contributed by atoms with Crippen LogP contribution in [0.2, 0.25) is 5.02 Å². The third-order valence-electron chi connectivity index (χ3n) is 5.56. The first kappa shape index (κ1) is 18.5. The maximum atomic E-state index is 10.3. The average Bonchev–Trinajstić information content (AvgIpc) is 2.62. The van der Waals surface area contributed by atoms with E-state index in [2.05, 4.69) is 29.5 Å². The number of nitrogens with zero attached hydrogens (tertiary/aromatic N) is 1. The molecule has 2 aliphatic rings. The maximum absolute atomic E-state index is 10.3. The molecule has 1 aliphatic carbocycles. The number of aliphatic hydroxyl groups is 1. The van der Waals surface area contributed by atoms with Crippen molar-refractivity contribution in [1.29, 1.82) is 0 Å². The van der Waals surface area contributed by atoms with Gasteiger partial charge in [0.1, 0.15) is 0 Å². The lowest BCUT2D eigenvalue weighted by Gasteiger charge is -2.60. The Morgan fingerprint density at radius 3 is 2.80 bits per heavy atom. The van der Waals surface area contributed by atoms with Crippen molar-refractivity contribution in [2.45, 2.75) is 44.9 Å². The van der Waals surface area contributed by atoms with Gasteiger partial charge in [0.15, 0.2) is 5.96 Å². The van der Waals surface area contributed by atoms with Gasteiger partial charge in [-0.25, -0.2) is 0 Å². The topological polar surface area (TPSA) is 65.9 Å². The predicted octanol–water partition coefficient (Wildman–Crippen LogP) is 2.74. The third kappa shape index (κ3) is 3.78. The van der Waals surface area contributed by atoms with Crippen molar-refractivity contribution in [2.24, 2.45) is 16.3 Å². The molecule has 2 fully saturated rings. The number of hydrogen-bond acceptors (Lipinski definition) is 3. The molecule has 1 saturated heterocycles. The molecule has 0 aromatic heterocycles. The van der Waals surface area contributed by atoms with Gasteiger partial charge in [-0.3, -0.25) is 4.99 Å². The molecule has 4 atom stereocenters. The van der Waals surface area contributed by atoms with Gasteiger partial charge < -0.3 is 20.5 Å². The predicted molar refractivity (Wildman–Crippen MR) is 101 cm³/mol. The molecule has 4 unspecified atom stereocenters. The summed E-state index contributed by atoms with van der Waals surface area (Å²) in [4.78, 5) is 4.31. The highest BCUT2D eigenvalue weighted by atomic mass is 35.5. The molecule has 138 valence electrons. The Bertz CT molecular complexity index is 618. The fourth-order valence-electron chi connectivity index (χ4n) is 4.15. The number of benzene rings is 1. The summed E-state index contributed by atoms with van der Waals surface area (Å²) in [6.07, 6.45) is 2.03. The molecule has 1 aromatic carbocycles. The molecule has 6 heteroatoms. The van der Waals surface area contributed by atoms with Crippen LogP contribution in [0.25, 0.3) is 0 Å². The summed E-state index contributed by atoms with van der Waals surface area (Å²) in [6, 6.07) is 7.57. The Hall–Kier alpha value is -1.30. The van der Waals surface area contributed by atoms with E-state index in [-0.39, 0.29) is 5.41 Å². The standard InChI is InChI=1S/C19H28ClN3O2/c1-19(2)16(14-5-4-10-25-17(14)19)23-18(21-3)22-11-15(24)12-6-8-13(20)9-7-12/h6-9,14-17,24H,4-5,10-11H2,1-3H3,(H2,21,22,23). The number of aliphatic hydroxyl groups excluding tert-OH is 1. The Balaban J connectivity index is 1.55. The third-order valence-corrected chi connectivity index (χ3v) is 5.82. The van der Waals surface area contributed by atoms with Crippen LogP contribution in [-0.2, 0) is 4.74 Å². The van der Waals surface area contributed by atoms with E-state index in [9.17, 15) is 5.11 Å². The van der Waals surface area contributed by atoms with Gasteiger partial charge in [-0.15, -0.1) is 0 Å². The molecule has 1 aromatic rings. The molecule has 0 radical (unpaired) electrons. The molecular formula is C19H28ClN3O2. The van der Waals surface area contributed by atoms with E-state index in [0.717, 1.165) is 24.6 Å². The average molecular weight is 366 g/mol. The summed E-state index contributed by atoms with van der Waals surface area (Å²) in [5, 5.41) is 17.8. The first-order valence-electron chi connectivity index (χ1n) is 8.96. The van der Waals surface area contributed by atoms with Crippen LogP contribution in [0.3, 0.4) is 0 Å². The smallest absolute Gasteiger partial charge is 0.191 e. The van der Waals surface area contributed by atoms with Crippen molar-refractivity contribution in [1.82, 2.24) is 10.6 Å². The number of rotatable bonds is 4. The second-order valence-corrected chi connectivity index (χ2v) is 8.00. The fraction of sp³-hybridized carbons (Fsp3) is 0.632. The number of fused-ring (bicyclic) bond motifs is 1. The minimum Gasteiger partial charge on any atom is -0.387 e. The van der Waals surface area contributed by atoms with Crippen molar-refractivity contribution < 1.29 is 9.84 Å². The van der Waals surface area contributed by atoms with Gasteiger partial charge in [0, 0.05) is 42.6 Å². The van der Waals surface area contributed by atoms with Crippen LogP contribution in [0.5, 0.6) is 0 Å². The molecule has 3 N–H and O–H groups in total. The molecule has 1 saturated carbocycles. The van der Waals surface area contributed by atoms with Crippen LogP contribution >= 0.6 is 11.6 Å². The number of nitrogens with one attached hydrogen (secondary N) is 2. The number of halogens is 1. The zero-order chi connectivity index (χ0) is 18.0. The lowest BCUT2D eigenvalue weighted by molar-refractivity contribution is -0.188. The Morgan fingerprint density at radius 2 is 2.12 bits per heavy atom. The lowest BCUT2D eigenvalue weighted by atomic mass is 9.55. The van der Waals surface area contributed by atoms with Crippen molar-refractivity contribution in [2.75, 3.05) is 20.2 Å². The van der Waals surface area contributed by atoms with Gasteiger partial charge >= 0.3 is 0 Å². The van der Waals surface area contributed by atoms with E-state index >= 15 is 0 Å². The Kier molecular flexibility index (Phi) is 5.56. The second-order valence-electron chi connectivity index (χ2n) is 7.56. The van der Waals surface area contributed by atoms with Crippen molar-refractivity contribution in [3.8, 4) is 0 Å². The van der Waals surface area contributed by atoms with E-state index in [1.165, 1.54) is 6.42 Å². The Morgan fingerprint density at radius 1 is 1.40 bits per heavy atom. The highest BCUT2D eigenvalue weighted by Crippen LogP contribution is 2.51. The van der Waals surface area contributed by atoms with Crippen LogP contribution < -0.4 is 10.6 Å². The van der Waals surface area contributed by atoms with Crippen LogP contribution in [-0.4, -0.2) is 43.4 Å². The van der Waals surface area contributed by atoms with Crippen molar-refractivity contribution in [3.05, 3.63) is 34.9 Å². The van der Waals surface area contributed by atoms with E-state index in [4.69, 9.17) is 16.3 Å². The van der Waals surface area contributed by atoms with Gasteiger partial charge in [-0.2, -0.15) is 0 Å². The zero-order valence-electron chi connectivity index (χ0n) is 15.1. The van der Waals surface area contributed by atoms with Crippen LogP contribution in [0.4, 0.5) is 0 Å². The highest BCUT2D eigenvalue weighted by molar-refractivity contribution is 6.30. The van der Waals surface area contributed by atoms with Crippen molar-refractivity contribution in [3.63, 3.8) is 0 Å². The lowest BCUT2D eigenvalue weighted by Crippen LogP contribution is -2.71. The zero-order valence-corrected chi connectivity index (χ0v) is 15.9. The maximum Gasteiger partial charge on any atom is 0.191 e. The van der Waals surface area contributed by atoms with Crippen molar-refractivity contribution >= 4 is 17.6 Å². The SMILES string of the molecule is CN=C(NCC(O)c1ccc(Cl)cc1)NC1C2CCCOC2C1(C)C. The fourth-order valence-corrected chi connectivity index (χ4v) is 4.28. The highest BCUT2D eigenvalue weighted by Gasteiger charge is 2.58. The van der Waals surface area contributed by atoms with E-state index in [1.807, 2.05) is 12.1 Å². The molecule has 1 heterocycles. The van der Waals surface area contributed by atoms with Gasteiger partial charge in [0.2, 0.25) is 0 Å². The molecular weight excluding hydrogens is 338 g/mol. The van der Waals surface area contributed by atoms with Crippen LogP contribution in [0, 0.1) is 11.3 Å². The monoisotopic (exact) mass is 365 g/mol. The summed E-state index contributed by atoms with van der Waals surface area (Å²) in [7, 11) is 1.75. The van der Waals surface area contributed by atoms with E-state index in [1.54, 1.807) is 19.2 Å². The van der Waals surface area contributed by atoms with Crippen LogP contribution in [0.15, 0.2) is 29.3 Å². The molecule has 0 amide bonds. The largest absolute Gasteiger partial charge is 0.387 e. The van der Waals surface area contributed by atoms with Gasteiger partial charge in [0.25, 0.3) is 0 Å². The minimum absolute atomic E-state index is 0.0809. The normalized spacial score (nSPS) is 29.3.